The van der Waals surface area contributed by atoms with Crippen LogP contribution in [0.4, 0.5) is 11.9 Å². The van der Waals surface area contributed by atoms with Crippen molar-refractivity contribution < 1.29 is 14.6 Å². The Kier molecular flexibility index (Phi) is 7.41. The molecule has 9 heteroatoms. The number of benzene rings is 3. The maximum atomic E-state index is 11.0. The molecule has 9 nitrogen and oxygen atoms in total. The number of hydrogen-bond acceptors (Lipinski definition) is 8. The molecule has 0 bridgehead atoms. The molecule has 0 aliphatic heterocycles. The third kappa shape index (κ3) is 5.94. The summed E-state index contributed by atoms with van der Waals surface area (Å²) in [5.74, 6) is 0.663. The van der Waals surface area contributed by atoms with Crippen LogP contribution in [0.15, 0.2) is 72.8 Å². The van der Waals surface area contributed by atoms with Crippen molar-refractivity contribution in [3.05, 3.63) is 83.9 Å². The molecule has 0 fully saturated rings. The molecule has 0 radical (unpaired) electrons. The van der Waals surface area contributed by atoms with Crippen LogP contribution in [0, 0.1) is 0 Å². The maximum absolute atomic E-state index is 11.0. The minimum absolute atomic E-state index is 0.0792. The van der Waals surface area contributed by atoms with Crippen molar-refractivity contribution in [2.45, 2.75) is 25.4 Å². The van der Waals surface area contributed by atoms with E-state index in [4.69, 9.17) is 21.3 Å². The van der Waals surface area contributed by atoms with E-state index in [9.17, 15) is 4.79 Å². The molecule has 1 heterocycles. The summed E-state index contributed by atoms with van der Waals surface area (Å²) in [6, 6.07) is 22.4. The fourth-order valence-electron chi connectivity index (χ4n) is 3.74. The number of ether oxygens (including phenoxy) is 1. The highest BCUT2D eigenvalue weighted by Gasteiger charge is 2.14. The number of rotatable bonds is 9. The van der Waals surface area contributed by atoms with E-state index < -0.39 is 12.0 Å². The van der Waals surface area contributed by atoms with Gasteiger partial charge in [0.05, 0.1) is 13.2 Å². The highest BCUT2D eigenvalue weighted by atomic mass is 16.5. The van der Waals surface area contributed by atoms with Crippen molar-refractivity contribution in [3.63, 3.8) is 0 Å². The summed E-state index contributed by atoms with van der Waals surface area (Å²) >= 11 is 0. The number of hydrogen-bond donors (Lipinski definition) is 4. The fraction of sp³-hybridized carbons (Fsp3) is 0.185. The van der Waals surface area contributed by atoms with Gasteiger partial charge in [-0.3, -0.25) is 4.79 Å². The zero-order valence-electron chi connectivity index (χ0n) is 20.1. The van der Waals surface area contributed by atoms with Crippen molar-refractivity contribution in [2.24, 2.45) is 5.73 Å². The number of nitrogens with one attached hydrogen (secondary N) is 1. The van der Waals surface area contributed by atoms with Gasteiger partial charge in [0.25, 0.3) is 0 Å². The number of nitrogen functional groups attached to an aromatic ring is 1. The number of anilines is 2. The molecule has 184 valence electrons. The van der Waals surface area contributed by atoms with Crippen LogP contribution in [0.2, 0.25) is 0 Å². The van der Waals surface area contributed by atoms with E-state index in [0.29, 0.717) is 11.8 Å². The Hall–Kier alpha value is -4.50. The molecular formula is C27H28N6O3. The molecule has 1 unspecified atom stereocenters. The van der Waals surface area contributed by atoms with Crippen LogP contribution in [0.25, 0.3) is 22.5 Å². The Bertz CT molecular complexity index is 1330. The molecular weight excluding hydrogens is 456 g/mol. The van der Waals surface area contributed by atoms with Gasteiger partial charge in [-0.2, -0.15) is 15.0 Å². The topological polar surface area (TPSA) is 149 Å². The average Bonchev–Trinajstić information content (AvgIpc) is 2.89. The molecule has 0 saturated heterocycles. The molecule has 36 heavy (non-hydrogen) atoms. The molecule has 0 saturated carbocycles. The molecule has 4 rings (SSSR count). The molecule has 0 spiro atoms. The van der Waals surface area contributed by atoms with Crippen LogP contribution in [0.5, 0.6) is 5.75 Å². The third-order valence-corrected chi connectivity index (χ3v) is 5.82. The maximum Gasteiger partial charge on any atom is 0.320 e. The average molecular weight is 485 g/mol. The number of aromatic nitrogens is 3. The van der Waals surface area contributed by atoms with Crippen LogP contribution < -0.4 is 21.5 Å². The third-order valence-electron chi connectivity index (χ3n) is 5.82. The summed E-state index contributed by atoms with van der Waals surface area (Å²) in [6.45, 7) is 2.02. The van der Waals surface area contributed by atoms with Crippen LogP contribution in [0.3, 0.4) is 0 Å². The van der Waals surface area contributed by atoms with Gasteiger partial charge < -0.3 is 26.6 Å². The lowest BCUT2D eigenvalue weighted by molar-refractivity contribution is -0.138. The molecule has 4 aromatic rings. The molecule has 2 atom stereocenters. The Morgan fingerprint density at radius 1 is 0.917 bits per heavy atom. The Balaban J connectivity index is 1.47. The van der Waals surface area contributed by atoms with Crippen LogP contribution in [0.1, 0.15) is 24.1 Å². The van der Waals surface area contributed by atoms with Crippen molar-refractivity contribution in [1.29, 1.82) is 0 Å². The Morgan fingerprint density at radius 3 is 2.08 bits per heavy atom. The standard InChI is InChI=1S/C27H28N6O3/c1-16(18-7-9-19(10-8-18)20-11-13-22(36-2)14-12-20)30-27-32-24(31-26(29)33-27)21-5-3-17(4-6-21)15-23(28)25(34)35/h3-14,16,23H,15,28H2,1-2H3,(H,34,35)(H3,29,30,31,32,33)/t16-,23?/m1/s1. The summed E-state index contributed by atoms with van der Waals surface area (Å²) in [5, 5.41) is 12.3. The predicted octanol–water partition coefficient (Wildman–Crippen LogP) is 3.92. The highest BCUT2D eigenvalue weighted by Crippen LogP contribution is 2.26. The second kappa shape index (κ2) is 10.8. The first kappa shape index (κ1) is 24.6. The largest absolute Gasteiger partial charge is 0.497 e. The molecule has 0 amide bonds. The van der Waals surface area contributed by atoms with E-state index in [2.05, 4.69) is 44.5 Å². The number of nitrogens with two attached hydrogens (primary N) is 2. The van der Waals surface area contributed by atoms with Crippen LogP contribution in [-0.4, -0.2) is 39.2 Å². The van der Waals surface area contributed by atoms with Gasteiger partial charge in [0.1, 0.15) is 11.8 Å². The molecule has 0 aliphatic rings. The lowest BCUT2D eigenvalue weighted by atomic mass is 10.0. The number of carbonyl (C=O) groups is 1. The van der Waals surface area contributed by atoms with Gasteiger partial charge >= 0.3 is 5.97 Å². The summed E-state index contributed by atoms with van der Waals surface area (Å²) in [4.78, 5) is 24.0. The summed E-state index contributed by atoms with van der Waals surface area (Å²) in [7, 11) is 1.65. The van der Waals surface area contributed by atoms with Gasteiger partial charge in [-0.1, -0.05) is 60.7 Å². The minimum Gasteiger partial charge on any atom is -0.497 e. The van der Waals surface area contributed by atoms with E-state index in [-0.39, 0.29) is 18.4 Å². The van der Waals surface area contributed by atoms with E-state index in [1.54, 1.807) is 19.2 Å². The second-order valence-corrected chi connectivity index (χ2v) is 8.40. The summed E-state index contributed by atoms with van der Waals surface area (Å²) in [6.07, 6.45) is 0.233. The summed E-state index contributed by atoms with van der Waals surface area (Å²) < 4.78 is 5.23. The predicted molar refractivity (Wildman–Crippen MR) is 139 cm³/mol. The molecule has 3 aromatic carbocycles. The monoisotopic (exact) mass is 484 g/mol. The number of nitrogens with zero attached hydrogens (tertiary/aromatic N) is 3. The highest BCUT2D eigenvalue weighted by molar-refractivity contribution is 5.73. The van der Waals surface area contributed by atoms with Gasteiger partial charge in [-0.25, -0.2) is 0 Å². The number of methoxy groups -OCH3 is 1. The number of carboxylic acid groups (broad SMARTS) is 1. The number of aliphatic carboxylic acids is 1. The molecule has 0 aliphatic carbocycles. The smallest absolute Gasteiger partial charge is 0.320 e. The van der Waals surface area contributed by atoms with Crippen molar-refractivity contribution >= 4 is 17.9 Å². The van der Waals surface area contributed by atoms with E-state index in [0.717, 1.165) is 33.6 Å². The fourth-order valence-corrected chi connectivity index (χ4v) is 3.74. The first-order valence-corrected chi connectivity index (χ1v) is 11.4. The van der Waals surface area contributed by atoms with E-state index in [1.807, 2.05) is 43.3 Å². The quantitative estimate of drug-likeness (QED) is 0.277. The van der Waals surface area contributed by atoms with E-state index >= 15 is 0 Å². The lowest BCUT2D eigenvalue weighted by Crippen LogP contribution is -2.32. The lowest BCUT2D eigenvalue weighted by Gasteiger charge is -2.16. The molecule has 1 aromatic heterocycles. The Morgan fingerprint density at radius 2 is 1.50 bits per heavy atom. The van der Waals surface area contributed by atoms with Crippen LogP contribution in [-0.2, 0) is 11.2 Å². The normalized spacial score (nSPS) is 12.5. The van der Waals surface area contributed by atoms with Gasteiger partial charge in [-0.15, -0.1) is 0 Å². The van der Waals surface area contributed by atoms with Crippen molar-refractivity contribution in [1.82, 2.24) is 15.0 Å². The van der Waals surface area contributed by atoms with E-state index in [1.165, 1.54) is 0 Å². The summed E-state index contributed by atoms with van der Waals surface area (Å²) in [5.41, 5.74) is 16.4. The zero-order valence-corrected chi connectivity index (χ0v) is 20.1. The number of carboxylic acids is 1. The minimum atomic E-state index is -1.04. The first-order chi connectivity index (χ1) is 17.3. The SMILES string of the molecule is COc1ccc(-c2ccc([C@@H](C)Nc3nc(N)nc(-c4ccc(CC(N)C(=O)O)cc4)n3)cc2)cc1. The van der Waals surface area contributed by atoms with Gasteiger partial charge in [0.2, 0.25) is 11.9 Å². The Labute approximate surface area is 209 Å². The van der Waals surface area contributed by atoms with Crippen molar-refractivity contribution in [2.75, 3.05) is 18.2 Å². The first-order valence-electron chi connectivity index (χ1n) is 11.4. The zero-order chi connectivity index (χ0) is 25.7. The van der Waals surface area contributed by atoms with Gasteiger partial charge in [-0.05, 0) is 47.7 Å². The second-order valence-electron chi connectivity index (χ2n) is 8.40. The van der Waals surface area contributed by atoms with Crippen molar-refractivity contribution in [3.8, 4) is 28.3 Å². The van der Waals surface area contributed by atoms with Crippen LogP contribution >= 0.6 is 0 Å². The van der Waals surface area contributed by atoms with Gasteiger partial charge in [0.15, 0.2) is 5.82 Å². The van der Waals surface area contributed by atoms with Gasteiger partial charge in [0, 0.05) is 5.56 Å². The molecule has 6 N–H and O–H groups in total.